The lowest BCUT2D eigenvalue weighted by Crippen LogP contribution is -2.42. The number of rotatable bonds is 7. The molecule has 186 valence electrons. The van der Waals surface area contributed by atoms with Gasteiger partial charge in [-0.15, -0.1) is 0 Å². The third-order valence-electron chi connectivity index (χ3n) is 6.30. The van der Waals surface area contributed by atoms with E-state index < -0.39 is 11.8 Å². The van der Waals surface area contributed by atoms with E-state index >= 15 is 0 Å². The Morgan fingerprint density at radius 2 is 1.46 bits per heavy atom. The first-order chi connectivity index (χ1) is 17.8. The van der Waals surface area contributed by atoms with Gasteiger partial charge >= 0.3 is 0 Å². The van der Waals surface area contributed by atoms with E-state index in [4.69, 9.17) is 9.47 Å². The van der Waals surface area contributed by atoms with Crippen LogP contribution in [0.25, 0.3) is 6.08 Å². The number of benzene rings is 3. The van der Waals surface area contributed by atoms with Gasteiger partial charge in [0.2, 0.25) is 0 Å². The number of hydrogen-bond acceptors (Lipinski definition) is 5. The summed E-state index contributed by atoms with van der Waals surface area (Å²) in [6.45, 7) is 6.10. The lowest BCUT2D eigenvalue weighted by molar-refractivity contribution is -0.141. The van der Waals surface area contributed by atoms with Crippen LogP contribution in [0.5, 0.6) is 11.5 Å². The molecular weight excluding hydrogens is 464 g/mol. The smallest absolute Gasteiger partial charge is 0.271 e. The fraction of sp³-hybridized carbons (Fsp3) is 0.194. The normalized spacial score (nSPS) is 14.7. The van der Waals surface area contributed by atoms with Gasteiger partial charge in [-0.2, -0.15) is 5.26 Å². The number of ether oxygens (including phenoxy) is 2. The third kappa shape index (κ3) is 5.62. The van der Waals surface area contributed by atoms with Crippen LogP contribution >= 0.6 is 0 Å². The summed E-state index contributed by atoms with van der Waals surface area (Å²) in [7, 11) is 1.55. The van der Waals surface area contributed by atoms with Crippen LogP contribution in [0, 0.1) is 25.2 Å². The molecule has 6 nitrogen and oxygen atoms in total. The summed E-state index contributed by atoms with van der Waals surface area (Å²) in [5.74, 6) is 0.0571. The molecule has 0 radical (unpaired) electrons. The molecule has 3 aromatic carbocycles. The van der Waals surface area contributed by atoms with Crippen molar-refractivity contribution in [2.24, 2.45) is 0 Å². The lowest BCUT2D eigenvalue weighted by Gasteiger charge is -2.27. The number of nitriles is 1. The van der Waals surface area contributed by atoms with Gasteiger partial charge in [0.1, 0.15) is 18.2 Å². The van der Waals surface area contributed by atoms with E-state index in [2.05, 4.69) is 0 Å². The topological polar surface area (TPSA) is 79.6 Å². The minimum atomic E-state index is -0.583. The zero-order chi connectivity index (χ0) is 26.5. The molecule has 0 saturated carbocycles. The molecule has 3 aromatic rings. The first-order valence-electron chi connectivity index (χ1n) is 11.9. The molecule has 0 fully saturated rings. The molecule has 0 unspecified atom stereocenters. The van der Waals surface area contributed by atoms with Crippen LogP contribution in [0.1, 0.15) is 34.7 Å². The van der Waals surface area contributed by atoms with Crippen molar-refractivity contribution in [1.29, 1.82) is 5.26 Å². The van der Waals surface area contributed by atoms with Crippen molar-refractivity contribution in [3.05, 3.63) is 111 Å². The van der Waals surface area contributed by atoms with Gasteiger partial charge in [-0.3, -0.25) is 14.5 Å². The van der Waals surface area contributed by atoms with Gasteiger partial charge in [-0.1, -0.05) is 65.7 Å². The molecule has 0 saturated heterocycles. The van der Waals surface area contributed by atoms with Crippen molar-refractivity contribution in [3.8, 4) is 17.6 Å². The Morgan fingerprint density at radius 1 is 0.838 bits per heavy atom. The second-order valence-electron chi connectivity index (χ2n) is 9.04. The zero-order valence-corrected chi connectivity index (χ0v) is 21.4. The predicted octanol–water partition coefficient (Wildman–Crippen LogP) is 5.68. The summed E-state index contributed by atoms with van der Waals surface area (Å²) < 4.78 is 11.5. The molecule has 0 aromatic heterocycles. The quantitative estimate of drug-likeness (QED) is 0.313. The number of imide groups is 1. The highest BCUT2D eigenvalue weighted by atomic mass is 16.5. The van der Waals surface area contributed by atoms with Crippen LogP contribution in [0.15, 0.2) is 83.4 Å². The maximum Gasteiger partial charge on any atom is 0.271 e. The summed E-state index contributed by atoms with van der Waals surface area (Å²) >= 11 is 0. The molecular formula is C31H28N2O4. The number of aryl methyl sites for hydroxylation is 2. The molecule has 37 heavy (non-hydrogen) atoms. The van der Waals surface area contributed by atoms with Gasteiger partial charge in [0.25, 0.3) is 11.8 Å². The Kier molecular flexibility index (Phi) is 7.55. The fourth-order valence-electron chi connectivity index (χ4n) is 4.05. The van der Waals surface area contributed by atoms with Crippen LogP contribution in [0.2, 0.25) is 0 Å². The first kappa shape index (κ1) is 25.5. The zero-order valence-electron chi connectivity index (χ0n) is 21.4. The van der Waals surface area contributed by atoms with E-state index in [-0.39, 0.29) is 12.1 Å². The van der Waals surface area contributed by atoms with Crippen LogP contribution in [0.3, 0.4) is 0 Å². The van der Waals surface area contributed by atoms with E-state index in [1.54, 1.807) is 32.2 Å². The van der Waals surface area contributed by atoms with Gasteiger partial charge in [-0.05, 0) is 61.2 Å². The number of methoxy groups -OCH3 is 1. The summed E-state index contributed by atoms with van der Waals surface area (Å²) in [4.78, 5) is 27.5. The van der Waals surface area contributed by atoms with Gasteiger partial charge in [0.15, 0.2) is 11.5 Å². The van der Waals surface area contributed by atoms with E-state index in [1.807, 2.05) is 74.5 Å². The van der Waals surface area contributed by atoms with Gasteiger partial charge in [0, 0.05) is 5.57 Å². The summed E-state index contributed by atoms with van der Waals surface area (Å²) in [6.07, 6.45) is 1.68. The maximum absolute atomic E-state index is 13.4. The number of amides is 2. The average Bonchev–Trinajstić information content (AvgIpc) is 2.90. The number of hydrogen-bond donors (Lipinski definition) is 0. The molecule has 1 aliphatic rings. The highest BCUT2D eigenvalue weighted by Crippen LogP contribution is 2.32. The molecule has 6 heteroatoms. The average molecular weight is 493 g/mol. The third-order valence-corrected chi connectivity index (χ3v) is 6.30. The highest BCUT2D eigenvalue weighted by molar-refractivity contribution is 6.19. The summed E-state index contributed by atoms with van der Waals surface area (Å²) in [6, 6.07) is 23.0. The van der Waals surface area contributed by atoms with Crippen molar-refractivity contribution < 1.29 is 19.1 Å². The first-order valence-corrected chi connectivity index (χ1v) is 11.9. The van der Waals surface area contributed by atoms with Crippen LogP contribution in [-0.2, 0) is 22.7 Å². The van der Waals surface area contributed by atoms with Crippen LogP contribution in [-0.4, -0.2) is 23.8 Å². The summed E-state index contributed by atoms with van der Waals surface area (Å²) in [5, 5.41) is 9.68. The molecule has 0 aliphatic carbocycles. The fourth-order valence-corrected chi connectivity index (χ4v) is 4.05. The molecule has 2 amide bonds. The van der Waals surface area contributed by atoms with Crippen molar-refractivity contribution >= 4 is 17.9 Å². The molecule has 0 N–H and O–H groups in total. The largest absolute Gasteiger partial charge is 0.493 e. The Hall–Kier alpha value is -4.63. The Balaban J connectivity index is 1.62. The molecule has 1 aliphatic heterocycles. The van der Waals surface area contributed by atoms with Gasteiger partial charge < -0.3 is 9.47 Å². The second-order valence-corrected chi connectivity index (χ2v) is 9.04. The van der Waals surface area contributed by atoms with Crippen molar-refractivity contribution in [1.82, 2.24) is 4.90 Å². The molecule has 1 heterocycles. The Morgan fingerprint density at radius 3 is 2.05 bits per heavy atom. The Bertz CT molecular complexity index is 1440. The van der Waals surface area contributed by atoms with E-state index in [1.165, 1.54) is 5.56 Å². The monoisotopic (exact) mass is 492 g/mol. The number of nitrogens with zero attached hydrogens (tertiary/aromatic N) is 2. The van der Waals surface area contributed by atoms with Crippen LogP contribution < -0.4 is 9.47 Å². The summed E-state index contributed by atoms with van der Waals surface area (Å²) in [5.41, 5.74) is 5.39. The van der Waals surface area contributed by atoms with Gasteiger partial charge in [0.05, 0.1) is 13.7 Å². The molecule has 0 spiro atoms. The molecule has 0 atom stereocenters. The van der Waals surface area contributed by atoms with Crippen molar-refractivity contribution in [2.45, 2.75) is 33.9 Å². The highest BCUT2D eigenvalue weighted by Gasteiger charge is 2.35. The van der Waals surface area contributed by atoms with E-state index in [0.29, 0.717) is 34.8 Å². The predicted molar refractivity (Wildman–Crippen MR) is 142 cm³/mol. The van der Waals surface area contributed by atoms with Crippen molar-refractivity contribution in [3.63, 3.8) is 0 Å². The SMILES string of the molecule is COc1cc(/C=C2/C(=O)N(Cc3ccc(C)cc3)C(=O)C(C#N)=C2C)ccc1OCc1ccc(C)cc1. The standard InChI is InChI=1S/C31H28N2O4/c1-20-5-9-23(10-6-20)18-33-30(34)26(22(3)27(17-32)31(33)35)15-25-13-14-28(29(16-25)36-4)37-19-24-11-7-21(2)8-12-24/h5-16H,18-19H2,1-4H3/b26-15+. The second kappa shape index (κ2) is 11.0. The van der Waals surface area contributed by atoms with Gasteiger partial charge in [-0.25, -0.2) is 0 Å². The van der Waals surface area contributed by atoms with Crippen molar-refractivity contribution in [2.75, 3.05) is 7.11 Å². The minimum absolute atomic E-state index is 0.0389. The molecule has 0 bridgehead atoms. The minimum Gasteiger partial charge on any atom is -0.493 e. The number of carbonyl (C=O) groups excluding carboxylic acids is 2. The molecule has 4 rings (SSSR count). The number of carbonyl (C=O) groups is 2. The lowest BCUT2D eigenvalue weighted by atomic mass is 9.93. The van der Waals surface area contributed by atoms with E-state index in [9.17, 15) is 14.9 Å². The Labute approximate surface area is 217 Å². The maximum atomic E-state index is 13.4. The van der Waals surface area contributed by atoms with E-state index in [0.717, 1.165) is 21.6 Å². The van der Waals surface area contributed by atoms with Crippen LogP contribution in [0.4, 0.5) is 0 Å².